The number of hydrogen-bond acceptors (Lipinski definition) is 5. The minimum atomic E-state index is 0.371. The Morgan fingerprint density at radius 1 is 0.783 bits per heavy atom. The van der Waals surface area contributed by atoms with Gasteiger partial charge >= 0.3 is 0 Å². The summed E-state index contributed by atoms with van der Waals surface area (Å²) in [6, 6.07) is 21.7. The van der Waals surface area contributed by atoms with Crippen molar-refractivity contribution in [1.29, 1.82) is 5.26 Å². The van der Waals surface area contributed by atoms with Gasteiger partial charge in [-0.25, -0.2) is 4.98 Å². The van der Waals surface area contributed by atoms with E-state index in [4.69, 9.17) is 0 Å². The molecule has 0 radical (unpaired) electrons. The second-order valence-corrected chi connectivity index (χ2v) is 5.52. The van der Waals surface area contributed by atoms with Crippen molar-refractivity contribution in [3.8, 4) is 28.5 Å². The molecule has 0 atom stereocenters. The Balaban J connectivity index is 2.08. The molecular formula is C18H10N4S. The fraction of sp³-hybridized carbons (Fsp3) is 0. The molecule has 0 unspecified atom stereocenters. The third kappa shape index (κ3) is 2.26. The van der Waals surface area contributed by atoms with Crippen molar-refractivity contribution >= 4 is 22.8 Å². The normalized spacial score (nSPS) is 10.6. The molecule has 0 saturated carbocycles. The summed E-state index contributed by atoms with van der Waals surface area (Å²) in [5, 5.41) is 9.59. The highest BCUT2D eigenvalue weighted by atomic mass is 32.1. The van der Waals surface area contributed by atoms with Crippen molar-refractivity contribution in [2.45, 2.75) is 0 Å². The Morgan fingerprint density at radius 2 is 1.39 bits per heavy atom. The van der Waals surface area contributed by atoms with Crippen molar-refractivity contribution in [2.75, 3.05) is 0 Å². The summed E-state index contributed by atoms with van der Waals surface area (Å²) in [5.41, 5.74) is 5.14. The highest BCUT2D eigenvalue weighted by Crippen LogP contribution is 2.34. The number of nitrogens with zero attached hydrogens (tertiary/aromatic N) is 4. The van der Waals surface area contributed by atoms with Crippen molar-refractivity contribution in [3.63, 3.8) is 0 Å². The van der Waals surface area contributed by atoms with Crippen LogP contribution in [0.1, 0.15) is 5.69 Å². The minimum absolute atomic E-state index is 0.371. The van der Waals surface area contributed by atoms with Crippen molar-refractivity contribution in [2.24, 2.45) is 0 Å². The number of benzene rings is 2. The summed E-state index contributed by atoms with van der Waals surface area (Å²) in [6.07, 6.45) is 0. The zero-order valence-corrected chi connectivity index (χ0v) is 12.8. The van der Waals surface area contributed by atoms with E-state index in [1.54, 1.807) is 0 Å². The second kappa shape index (κ2) is 5.59. The maximum Gasteiger partial charge on any atom is 0.151 e. The van der Waals surface area contributed by atoms with Gasteiger partial charge in [0.25, 0.3) is 0 Å². The zero-order chi connectivity index (χ0) is 15.6. The quantitative estimate of drug-likeness (QED) is 0.553. The molecule has 0 N–H and O–H groups in total. The van der Waals surface area contributed by atoms with Crippen LogP contribution in [0.4, 0.5) is 0 Å². The molecule has 4 aromatic rings. The molecular weight excluding hydrogens is 304 g/mol. The maximum absolute atomic E-state index is 9.59. The zero-order valence-electron chi connectivity index (χ0n) is 12.0. The highest BCUT2D eigenvalue weighted by Gasteiger charge is 2.19. The van der Waals surface area contributed by atoms with E-state index in [0.29, 0.717) is 11.4 Å². The molecule has 4 nitrogen and oxygen atoms in total. The van der Waals surface area contributed by atoms with E-state index in [9.17, 15) is 5.26 Å². The Labute approximate surface area is 137 Å². The van der Waals surface area contributed by atoms with Gasteiger partial charge < -0.3 is 0 Å². The Kier molecular flexibility index (Phi) is 3.30. The molecule has 4 rings (SSSR count). The molecule has 5 heteroatoms. The molecule has 2 aromatic heterocycles. The fourth-order valence-electron chi connectivity index (χ4n) is 2.60. The highest BCUT2D eigenvalue weighted by molar-refractivity contribution is 7.00. The van der Waals surface area contributed by atoms with Crippen LogP contribution in [-0.2, 0) is 0 Å². The van der Waals surface area contributed by atoms with Gasteiger partial charge in [-0.3, -0.25) is 0 Å². The van der Waals surface area contributed by atoms with E-state index < -0.39 is 0 Å². The molecule has 2 aromatic carbocycles. The molecule has 2 heterocycles. The second-order valence-electron chi connectivity index (χ2n) is 4.99. The van der Waals surface area contributed by atoms with E-state index in [2.05, 4.69) is 19.8 Å². The topological polar surface area (TPSA) is 62.5 Å². The monoisotopic (exact) mass is 314 g/mol. The number of nitriles is 1. The van der Waals surface area contributed by atoms with Crippen LogP contribution in [-0.4, -0.2) is 13.7 Å². The number of aromatic nitrogens is 3. The van der Waals surface area contributed by atoms with Crippen LogP contribution in [0.3, 0.4) is 0 Å². The first-order chi connectivity index (χ1) is 11.4. The third-order valence-electron chi connectivity index (χ3n) is 3.63. The fourth-order valence-corrected chi connectivity index (χ4v) is 3.15. The molecule has 0 amide bonds. The summed E-state index contributed by atoms with van der Waals surface area (Å²) in [4.78, 5) is 4.58. The first-order valence-electron chi connectivity index (χ1n) is 7.05. The van der Waals surface area contributed by atoms with Gasteiger partial charge in [-0.2, -0.15) is 14.0 Å². The van der Waals surface area contributed by atoms with Gasteiger partial charge in [0.15, 0.2) is 5.69 Å². The van der Waals surface area contributed by atoms with E-state index in [0.717, 1.165) is 39.5 Å². The van der Waals surface area contributed by atoms with Gasteiger partial charge in [0.1, 0.15) is 22.8 Å². The lowest BCUT2D eigenvalue weighted by atomic mass is 10.00. The Bertz CT molecular complexity index is 1020. The number of rotatable bonds is 2. The summed E-state index contributed by atoms with van der Waals surface area (Å²) >= 11 is 1.14. The maximum atomic E-state index is 9.59. The van der Waals surface area contributed by atoms with Crippen molar-refractivity contribution < 1.29 is 0 Å². The SMILES string of the molecule is N#Cc1nc(-c2ccccc2)c2nsnc2c1-c1ccccc1. The number of hydrogen-bond donors (Lipinski definition) is 0. The Morgan fingerprint density at radius 3 is 2.04 bits per heavy atom. The molecule has 0 aliphatic carbocycles. The van der Waals surface area contributed by atoms with Crippen molar-refractivity contribution in [3.05, 3.63) is 66.4 Å². The van der Waals surface area contributed by atoms with Crippen LogP contribution in [0, 0.1) is 11.3 Å². The molecule has 0 aliphatic heterocycles. The van der Waals surface area contributed by atoms with Crippen molar-refractivity contribution in [1.82, 2.24) is 13.7 Å². The first-order valence-corrected chi connectivity index (χ1v) is 7.78. The third-order valence-corrected chi connectivity index (χ3v) is 4.15. The molecule has 108 valence electrons. The van der Waals surface area contributed by atoms with Crippen LogP contribution in [0.5, 0.6) is 0 Å². The molecule has 0 fully saturated rings. The predicted molar refractivity (Wildman–Crippen MR) is 90.8 cm³/mol. The van der Waals surface area contributed by atoms with Crippen LogP contribution < -0.4 is 0 Å². The van der Waals surface area contributed by atoms with Gasteiger partial charge in [-0.1, -0.05) is 60.7 Å². The molecule has 23 heavy (non-hydrogen) atoms. The van der Waals surface area contributed by atoms with Gasteiger partial charge in [-0.15, -0.1) is 0 Å². The minimum Gasteiger partial charge on any atom is -0.234 e. The predicted octanol–water partition coefficient (Wildman–Crippen LogP) is 4.29. The summed E-state index contributed by atoms with van der Waals surface area (Å²) in [7, 11) is 0. The lowest BCUT2D eigenvalue weighted by molar-refractivity contribution is 1.28. The van der Waals surface area contributed by atoms with Gasteiger partial charge in [0.05, 0.1) is 11.7 Å². The van der Waals surface area contributed by atoms with Gasteiger partial charge in [0, 0.05) is 11.1 Å². The molecule has 0 spiro atoms. The molecule has 0 aliphatic rings. The van der Waals surface area contributed by atoms with E-state index >= 15 is 0 Å². The molecule has 0 bridgehead atoms. The van der Waals surface area contributed by atoms with Crippen LogP contribution >= 0.6 is 11.7 Å². The van der Waals surface area contributed by atoms with E-state index in [1.807, 2.05) is 60.7 Å². The smallest absolute Gasteiger partial charge is 0.151 e. The average molecular weight is 314 g/mol. The van der Waals surface area contributed by atoms with E-state index in [1.165, 1.54) is 0 Å². The Hall–Kier alpha value is -3.10. The average Bonchev–Trinajstić information content (AvgIpc) is 3.11. The largest absolute Gasteiger partial charge is 0.234 e. The van der Waals surface area contributed by atoms with Crippen LogP contribution in [0.2, 0.25) is 0 Å². The van der Waals surface area contributed by atoms with Gasteiger partial charge in [-0.05, 0) is 5.56 Å². The summed E-state index contributed by atoms with van der Waals surface area (Å²) in [6.45, 7) is 0. The lowest BCUT2D eigenvalue weighted by Crippen LogP contribution is -1.95. The first kappa shape index (κ1) is 13.6. The number of pyridine rings is 1. The van der Waals surface area contributed by atoms with E-state index in [-0.39, 0.29) is 0 Å². The molecule has 0 saturated heterocycles. The standard InChI is InChI=1S/C18H10N4S/c19-11-14-15(12-7-3-1-4-8-12)17-18(22-23-21-17)16(20-14)13-9-5-2-6-10-13/h1-10H. The summed E-state index contributed by atoms with van der Waals surface area (Å²) < 4.78 is 8.84. The van der Waals surface area contributed by atoms with Crippen LogP contribution in [0.25, 0.3) is 33.4 Å². The number of fused-ring (bicyclic) bond motifs is 1. The van der Waals surface area contributed by atoms with Gasteiger partial charge in [0.2, 0.25) is 0 Å². The summed E-state index contributed by atoms with van der Waals surface area (Å²) in [5.74, 6) is 0. The van der Waals surface area contributed by atoms with Crippen LogP contribution in [0.15, 0.2) is 60.7 Å². The lowest BCUT2D eigenvalue weighted by Gasteiger charge is -2.08.